The number of aromatic hydroxyl groups is 1. The van der Waals surface area contributed by atoms with Crippen LogP contribution in [0.5, 0.6) is 5.75 Å². The van der Waals surface area contributed by atoms with Gasteiger partial charge in [-0.1, -0.05) is 15.9 Å². The fraction of sp³-hybridized carbons (Fsp3) is 0.222. The molecule has 0 spiro atoms. The third kappa shape index (κ3) is 2.71. The van der Waals surface area contributed by atoms with Gasteiger partial charge in [0, 0.05) is 16.1 Å². The normalized spacial score (nSPS) is 11.9. The smallest absolute Gasteiger partial charge is 0.327 e. The summed E-state index contributed by atoms with van der Waals surface area (Å²) in [6.07, 6.45) is 0. The van der Waals surface area contributed by atoms with Gasteiger partial charge in [0.2, 0.25) is 0 Å². The van der Waals surface area contributed by atoms with E-state index in [1.54, 1.807) is 0 Å². The molecule has 0 fully saturated rings. The second kappa shape index (κ2) is 5.11. The topological polar surface area (TPSA) is 116 Å². The maximum atomic E-state index is 11.2. The van der Waals surface area contributed by atoms with Gasteiger partial charge in [-0.05, 0) is 6.07 Å². The second-order valence-corrected chi connectivity index (χ2v) is 4.04. The Hall–Kier alpha value is -1.67. The van der Waals surface area contributed by atoms with Gasteiger partial charge < -0.3 is 15.6 Å². The van der Waals surface area contributed by atoms with E-state index in [9.17, 15) is 20.0 Å². The summed E-state index contributed by atoms with van der Waals surface area (Å²) in [5, 5.41) is 20.3. The number of carbonyl (C=O) groups is 1. The van der Waals surface area contributed by atoms with Crippen molar-refractivity contribution in [3.05, 3.63) is 32.3 Å². The highest BCUT2D eigenvalue weighted by atomic mass is 79.9. The molecule has 0 aromatic heterocycles. The van der Waals surface area contributed by atoms with E-state index in [0.717, 1.165) is 13.2 Å². The van der Waals surface area contributed by atoms with Gasteiger partial charge in [-0.25, -0.2) is 0 Å². The number of phenolic OH excluding ortho intramolecular Hbond substituents is 1. The van der Waals surface area contributed by atoms with Crippen LogP contribution in [-0.2, 0) is 9.53 Å². The average Bonchev–Trinajstić information content (AvgIpc) is 2.29. The number of benzene rings is 1. The zero-order valence-electron chi connectivity index (χ0n) is 8.71. The highest BCUT2D eigenvalue weighted by Gasteiger charge is 2.26. The van der Waals surface area contributed by atoms with Crippen molar-refractivity contribution in [2.24, 2.45) is 5.73 Å². The lowest BCUT2D eigenvalue weighted by Crippen LogP contribution is -2.22. The van der Waals surface area contributed by atoms with Crippen LogP contribution in [0.4, 0.5) is 5.69 Å². The predicted octanol–water partition coefficient (Wildman–Crippen LogP) is 1.24. The summed E-state index contributed by atoms with van der Waals surface area (Å²) in [7, 11) is 1.13. The van der Waals surface area contributed by atoms with Crippen molar-refractivity contribution in [1.82, 2.24) is 0 Å². The van der Waals surface area contributed by atoms with Crippen molar-refractivity contribution >= 4 is 27.6 Å². The van der Waals surface area contributed by atoms with Crippen molar-refractivity contribution in [2.45, 2.75) is 6.04 Å². The molecule has 0 aliphatic heterocycles. The Kier molecular flexibility index (Phi) is 4.02. The van der Waals surface area contributed by atoms with E-state index in [0.29, 0.717) is 4.47 Å². The third-order valence-electron chi connectivity index (χ3n) is 2.07. The van der Waals surface area contributed by atoms with Crippen LogP contribution in [0.1, 0.15) is 11.6 Å². The van der Waals surface area contributed by atoms with Crippen LogP contribution in [0.15, 0.2) is 16.6 Å². The molecule has 0 heterocycles. The number of methoxy groups -OCH3 is 1. The van der Waals surface area contributed by atoms with Gasteiger partial charge in [0.1, 0.15) is 6.04 Å². The first-order valence-electron chi connectivity index (χ1n) is 4.38. The average molecular weight is 305 g/mol. The van der Waals surface area contributed by atoms with E-state index in [-0.39, 0.29) is 5.56 Å². The number of nitrogens with two attached hydrogens (primary N) is 1. The van der Waals surface area contributed by atoms with Crippen molar-refractivity contribution in [1.29, 1.82) is 0 Å². The van der Waals surface area contributed by atoms with Gasteiger partial charge in [0.05, 0.1) is 12.0 Å². The van der Waals surface area contributed by atoms with E-state index in [4.69, 9.17) is 5.73 Å². The lowest BCUT2D eigenvalue weighted by molar-refractivity contribution is -0.386. The zero-order chi connectivity index (χ0) is 13.2. The maximum Gasteiger partial charge on any atom is 0.327 e. The number of hydrogen-bond acceptors (Lipinski definition) is 6. The van der Waals surface area contributed by atoms with Crippen LogP contribution in [-0.4, -0.2) is 23.1 Å². The standard InChI is InChI=1S/C9H9BrN2O5/c1-17-9(14)7(11)5-2-4(10)3-6(8(5)13)12(15)16/h2-3,7,13H,11H2,1H3/t7-/m0/s1. The number of ether oxygens (including phenoxy) is 1. The van der Waals surface area contributed by atoms with Crippen molar-refractivity contribution in [3.8, 4) is 5.75 Å². The van der Waals surface area contributed by atoms with E-state index >= 15 is 0 Å². The molecular weight excluding hydrogens is 296 g/mol. The number of nitrogens with zero attached hydrogens (tertiary/aromatic N) is 1. The van der Waals surface area contributed by atoms with Gasteiger partial charge in [-0.3, -0.25) is 14.9 Å². The first-order valence-corrected chi connectivity index (χ1v) is 5.18. The Labute approximate surface area is 104 Å². The molecule has 7 nitrogen and oxygen atoms in total. The van der Waals surface area contributed by atoms with E-state index in [1.165, 1.54) is 6.07 Å². The first-order chi connectivity index (χ1) is 7.88. The number of rotatable bonds is 3. The monoisotopic (exact) mass is 304 g/mol. The second-order valence-electron chi connectivity index (χ2n) is 3.12. The molecule has 17 heavy (non-hydrogen) atoms. The molecule has 0 aliphatic carbocycles. The highest BCUT2D eigenvalue weighted by molar-refractivity contribution is 9.10. The molecule has 8 heteroatoms. The number of carbonyl (C=O) groups excluding carboxylic acids is 1. The fourth-order valence-corrected chi connectivity index (χ4v) is 1.70. The maximum absolute atomic E-state index is 11.2. The molecule has 0 aliphatic rings. The number of nitro groups is 1. The molecule has 1 aromatic rings. The summed E-state index contributed by atoms with van der Waals surface area (Å²) in [6.45, 7) is 0. The van der Waals surface area contributed by atoms with Crippen LogP contribution in [0.2, 0.25) is 0 Å². The highest BCUT2D eigenvalue weighted by Crippen LogP contribution is 2.36. The molecular formula is C9H9BrN2O5. The number of nitro benzene ring substituents is 1. The third-order valence-corrected chi connectivity index (χ3v) is 2.53. The molecule has 1 aromatic carbocycles. The summed E-state index contributed by atoms with van der Waals surface area (Å²) in [5.74, 6) is -1.44. The molecule has 1 atom stereocenters. The summed E-state index contributed by atoms with van der Waals surface area (Å²) < 4.78 is 4.73. The van der Waals surface area contributed by atoms with Crippen LogP contribution < -0.4 is 5.73 Å². The molecule has 0 unspecified atom stereocenters. The number of hydrogen-bond donors (Lipinski definition) is 2. The Bertz CT molecular complexity index is 477. The molecule has 0 saturated heterocycles. The molecule has 1 rings (SSSR count). The quantitative estimate of drug-likeness (QED) is 0.493. The van der Waals surface area contributed by atoms with Crippen LogP contribution in [0.25, 0.3) is 0 Å². The lowest BCUT2D eigenvalue weighted by atomic mass is 10.1. The number of halogens is 1. The zero-order valence-corrected chi connectivity index (χ0v) is 10.3. The number of phenols is 1. The Morgan fingerprint density at radius 2 is 2.24 bits per heavy atom. The minimum atomic E-state index is -1.28. The largest absolute Gasteiger partial charge is 0.502 e. The summed E-state index contributed by atoms with van der Waals surface area (Å²) in [4.78, 5) is 21.1. The van der Waals surface area contributed by atoms with Crippen LogP contribution in [0.3, 0.4) is 0 Å². The van der Waals surface area contributed by atoms with Gasteiger partial charge >= 0.3 is 11.7 Å². The lowest BCUT2D eigenvalue weighted by Gasteiger charge is -2.11. The molecule has 0 bridgehead atoms. The first kappa shape index (κ1) is 13.4. The minimum Gasteiger partial charge on any atom is -0.502 e. The van der Waals surface area contributed by atoms with E-state index < -0.39 is 28.4 Å². The van der Waals surface area contributed by atoms with E-state index in [2.05, 4.69) is 20.7 Å². The van der Waals surface area contributed by atoms with Gasteiger partial charge in [-0.2, -0.15) is 0 Å². The van der Waals surface area contributed by atoms with Gasteiger partial charge in [-0.15, -0.1) is 0 Å². The van der Waals surface area contributed by atoms with Crippen molar-refractivity contribution in [2.75, 3.05) is 7.11 Å². The molecule has 92 valence electrons. The molecule has 0 radical (unpaired) electrons. The Balaban J connectivity index is 3.34. The molecule has 0 amide bonds. The Morgan fingerprint density at radius 3 is 2.71 bits per heavy atom. The van der Waals surface area contributed by atoms with E-state index in [1.807, 2.05) is 0 Å². The van der Waals surface area contributed by atoms with Crippen LogP contribution >= 0.6 is 15.9 Å². The predicted molar refractivity (Wildman–Crippen MR) is 61.4 cm³/mol. The number of esters is 1. The fourth-order valence-electron chi connectivity index (χ4n) is 1.24. The van der Waals surface area contributed by atoms with Gasteiger partial charge in [0.15, 0.2) is 5.75 Å². The molecule has 3 N–H and O–H groups in total. The Morgan fingerprint density at radius 1 is 1.65 bits per heavy atom. The summed E-state index contributed by atoms with van der Waals surface area (Å²) in [5.41, 5.74) is 4.90. The van der Waals surface area contributed by atoms with Gasteiger partial charge in [0.25, 0.3) is 0 Å². The summed E-state index contributed by atoms with van der Waals surface area (Å²) >= 11 is 3.03. The SMILES string of the molecule is COC(=O)[C@@H](N)c1cc(Br)cc([N+](=O)[O-])c1O. The minimum absolute atomic E-state index is 0.0714. The van der Waals surface area contributed by atoms with Crippen molar-refractivity contribution in [3.63, 3.8) is 0 Å². The van der Waals surface area contributed by atoms with Crippen LogP contribution in [0, 0.1) is 10.1 Å². The summed E-state index contributed by atoms with van der Waals surface area (Å²) in [6, 6.07) is 1.16. The van der Waals surface area contributed by atoms with Crippen molar-refractivity contribution < 1.29 is 19.6 Å². The molecule has 0 saturated carbocycles.